The maximum atomic E-state index is 13.0. The van der Waals surface area contributed by atoms with E-state index in [1.54, 1.807) is 31.6 Å². The average Bonchev–Trinajstić information content (AvgIpc) is 3.85. The van der Waals surface area contributed by atoms with E-state index in [2.05, 4.69) is 45.3 Å². The number of carbonyl (C=O) groups excluding carboxylic acids is 1. The topological polar surface area (TPSA) is 91.6 Å². The summed E-state index contributed by atoms with van der Waals surface area (Å²) < 4.78 is 0. The molecule has 0 saturated heterocycles. The van der Waals surface area contributed by atoms with E-state index in [1.807, 2.05) is 44.2 Å². The number of hydrogen-bond donors (Lipinski definition) is 2. The lowest BCUT2D eigenvalue weighted by Gasteiger charge is -2.12. The first kappa shape index (κ1) is 27.6. The van der Waals surface area contributed by atoms with Gasteiger partial charge in [0, 0.05) is 53.0 Å². The number of nitrogens with one attached hydrogen (secondary N) is 2. The van der Waals surface area contributed by atoms with E-state index in [0.717, 1.165) is 46.9 Å². The minimum atomic E-state index is -0.259. The monoisotopic (exact) mass is 520 g/mol. The second kappa shape index (κ2) is 12.4. The number of pyridine rings is 2. The van der Waals surface area contributed by atoms with Gasteiger partial charge >= 0.3 is 0 Å². The fourth-order valence-corrected chi connectivity index (χ4v) is 4.18. The zero-order valence-corrected chi connectivity index (χ0v) is 23.0. The molecule has 0 bridgehead atoms. The van der Waals surface area contributed by atoms with Crippen molar-refractivity contribution in [2.24, 2.45) is 21.8 Å². The van der Waals surface area contributed by atoms with E-state index in [9.17, 15) is 4.79 Å². The first-order valence-corrected chi connectivity index (χ1v) is 13.3. The standard InChI is InChI=1S/C32H36N6O/c1-7-22(16-30(33-6)24-12-13-24)32(39)37-26-18-27(21(5)35-19-26)29(9-3)38-28(8-2)25-14-15-34-31(17-25)36-20(4)23-10-11-23/h7-9,14-19,23-24H,1-2,4,10-13H2,3,5-6H3,(H,34,36)(H,37,39)/b22-16+,29-9-,33-30?,38-28?. The molecule has 0 unspecified atom stereocenters. The van der Waals surface area contributed by atoms with Gasteiger partial charge in [0.1, 0.15) is 5.82 Å². The molecule has 0 aliphatic heterocycles. The number of carbonyl (C=O) groups is 1. The summed E-state index contributed by atoms with van der Waals surface area (Å²) in [6.45, 7) is 15.8. The van der Waals surface area contributed by atoms with E-state index in [-0.39, 0.29) is 5.91 Å². The third-order valence-corrected chi connectivity index (χ3v) is 6.78. The van der Waals surface area contributed by atoms with Gasteiger partial charge in [-0.05, 0) is 75.8 Å². The number of aromatic nitrogens is 2. The number of aliphatic imine (C=N–C) groups is 2. The number of allylic oxidation sites excluding steroid dienone is 4. The molecule has 0 atom stereocenters. The van der Waals surface area contributed by atoms with Crippen molar-refractivity contribution in [2.45, 2.75) is 39.5 Å². The minimum Gasteiger partial charge on any atom is -0.344 e. The predicted octanol–water partition coefficient (Wildman–Crippen LogP) is 6.69. The second-order valence-electron chi connectivity index (χ2n) is 9.77. The molecule has 4 rings (SSSR count). The average molecular weight is 521 g/mol. The van der Waals surface area contributed by atoms with E-state index in [4.69, 9.17) is 4.99 Å². The van der Waals surface area contributed by atoms with Crippen LogP contribution in [-0.4, -0.2) is 34.3 Å². The van der Waals surface area contributed by atoms with Crippen LogP contribution in [0.3, 0.4) is 0 Å². The molecule has 0 radical (unpaired) electrons. The molecular formula is C32H36N6O. The molecule has 2 aromatic heterocycles. The lowest BCUT2D eigenvalue weighted by Crippen LogP contribution is -2.15. The molecular weight excluding hydrogens is 484 g/mol. The number of hydrogen-bond acceptors (Lipinski definition) is 6. The summed E-state index contributed by atoms with van der Waals surface area (Å²) in [6.07, 6.45) is 15.0. The van der Waals surface area contributed by atoms with Gasteiger partial charge < -0.3 is 10.6 Å². The Morgan fingerprint density at radius 2 is 1.82 bits per heavy atom. The quantitative estimate of drug-likeness (QED) is 0.185. The molecule has 0 spiro atoms. The van der Waals surface area contributed by atoms with Crippen LogP contribution in [0.25, 0.3) is 5.70 Å². The van der Waals surface area contributed by atoms with Crippen LogP contribution in [0, 0.1) is 18.8 Å². The molecule has 39 heavy (non-hydrogen) atoms. The van der Waals surface area contributed by atoms with Crippen molar-refractivity contribution >= 4 is 34.5 Å². The number of nitrogens with zero attached hydrogens (tertiary/aromatic N) is 4. The number of anilines is 2. The highest BCUT2D eigenvalue weighted by atomic mass is 16.1. The van der Waals surface area contributed by atoms with Crippen LogP contribution in [0.5, 0.6) is 0 Å². The van der Waals surface area contributed by atoms with Gasteiger partial charge in [-0.25, -0.2) is 9.98 Å². The van der Waals surface area contributed by atoms with Crippen molar-refractivity contribution in [3.8, 4) is 0 Å². The Morgan fingerprint density at radius 3 is 2.44 bits per heavy atom. The van der Waals surface area contributed by atoms with Gasteiger partial charge in [0.05, 0.1) is 23.3 Å². The van der Waals surface area contributed by atoms with Crippen LogP contribution < -0.4 is 10.6 Å². The Hall–Kier alpha value is -4.39. The van der Waals surface area contributed by atoms with Gasteiger partial charge in [-0.1, -0.05) is 31.9 Å². The summed E-state index contributed by atoms with van der Waals surface area (Å²) in [6, 6.07) is 5.73. The fourth-order valence-electron chi connectivity index (χ4n) is 4.18. The maximum absolute atomic E-state index is 13.0. The Bertz CT molecular complexity index is 1420. The van der Waals surface area contributed by atoms with E-state index in [0.29, 0.717) is 34.5 Å². The molecule has 2 aliphatic carbocycles. The molecule has 2 heterocycles. The largest absolute Gasteiger partial charge is 0.344 e. The molecule has 1 amide bonds. The summed E-state index contributed by atoms with van der Waals surface area (Å²) >= 11 is 0. The van der Waals surface area contributed by atoms with E-state index in [1.165, 1.54) is 12.8 Å². The summed E-state index contributed by atoms with van der Waals surface area (Å²) in [4.78, 5) is 31.2. The molecule has 0 aromatic carbocycles. The van der Waals surface area contributed by atoms with Crippen LogP contribution in [-0.2, 0) is 4.79 Å². The van der Waals surface area contributed by atoms with Crippen molar-refractivity contribution in [3.05, 3.63) is 103 Å². The van der Waals surface area contributed by atoms with Gasteiger partial charge in [0.2, 0.25) is 0 Å². The molecule has 2 N–H and O–H groups in total. The summed E-state index contributed by atoms with van der Waals surface area (Å²) in [5.74, 6) is 1.43. The normalized spacial score (nSPS) is 16.5. The summed E-state index contributed by atoms with van der Waals surface area (Å²) in [5, 5.41) is 6.27. The van der Waals surface area contributed by atoms with E-state index < -0.39 is 0 Å². The molecule has 2 saturated carbocycles. The smallest absolute Gasteiger partial charge is 0.255 e. The highest BCUT2D eigenvalue weighted by molar-refractivity contribution is 6.12. The van der Waals surface area contributed by atoms with Gasteiger partial charge in [0.25, 0.3) is 5.91 Å². The zero-order valence-electron chi connectivity index (χ0n) is 23.0. The molecule has 2 aromatic rings. The molecule has 7 heteroatoms. The van der Waals surface area contributed by atoms with Crippen LogP contribution in [0.4, 0.5) is 11.5 Å². The predicted molar refractivity (Wildman–Crippen MR) is 162 cm³/mol. The summed E-state index contributed by atoms with van der Waals surface area (Å²) in [7, 11) is 1.75. The SMILES string of the molecule is C=CC(=N/C(=C\C)c1cc(NC(=O)/C(C=C)=C/C(=NC)C2CC2)cnc1C)c1ccnc(NC(=C)C2CC2)c1. The highest BCUT2D eigenvalue weighted by Gasteiger charge is 2.26. The zero-order chi connectivity index (χ0) is 27.9. The second-order valence-corrected chi connectivity index (χ2v) is 9.77. The Balaban J connectivity index is 1.57. The molecule has 7 nitrogen and oxygen atoms in total. The van der Waals surface area contributed by atoms with Crippen LogP contribution in [0.15, 0.2) is 95.9 Å². The Morgan fingerprint density at radius 1 is 1.08 bits per heavy atom. The molecule has 200 valence electrons. The minimum absolute atomic E-state index is 0.259. The lowest BCUT2D eigenvalue weighted by molar-refractivity contribution is -0.112. The van der Waals surface area contributed by atoms with Gasteiger partial charge in [0.15, 0.2) is 0 Å². The Kier molecular flexibility index (Phi) is 8.81. The number of rotatable bonds is 12. The lowest BCUT2D eigenvalue weighted by atomic mass is 10.1. The molecule has 2 fully saturated rings. The van der Waals surface area contributed by atoms with Crippen molar-refractivity contribution in [1.82, 2.24) is 9.97 Å². The maximum Gasteiger partial charge on any atom is 0.255 e. The van der Waals surface area contributed by atoms with Crippen molar-refractivity contribution in [3.63, 3.8) is 0 Å². The van der Waals surface area contributed by atoms with Gasteiger partial charge in [-0.2, -0.15) is 0 Å². The van der Waals surface area contributed by atoms with Crippen LogP contribution >= 0.6 is 0 Å². The fraction of sp³-hybridized carbons (Fsp3) is 0.281. The summed E-state index contributed by atoms with van der Waals surface area (Å²) in [5.41, 5.74) is 6.85. The van der Waals surface area contributed by atoms with Gasteiger partial charge in [-0.3, -0.25) is 14.8 Å². The number of amides is 1. The first-order chi connectivity index (χ1) is 18.9. The van der Waals surface area contributed by atoms with Crippen LogP contribution in [0.1, 0.15) is 49.4 Å². The molecule has 2 aliphatic rings. The van der Waals surface area contributed by atoms with Crippen molar-refractivity contribution < 1.29 is 4.79 Å². The Labute approximate surface area is 231 Å². The van der Waals surface area contributed by atoms with Crippen LogP contribution in [0.2, 0.25) is 0 Å². The first-order valence-electron chi connectivity index (χ1n) is 13.3. The highest BCUT2D eigenvalue weighted by Crippen LogP contribution is 2.35. The third-order valence-electron chi connectivity index (χ3n) is 6.78. The van der Waals surface area contributed by atoms with Crippen molar-refractivity contribution in [1.29, 1.82) is 0 Å². The van der Waals surface area contributed by atoms with Gasteiger partial charge in [-0.15, -0.1) is 0 Å². The van der Waals surface area contributed by atoms with Crippen molar-refractivity contribution in [2.75, 3.05) is 17.7 Å². The third kappa shape index (κ3) is 7.13. The number of aryl methyl sites for hydroxylation is 1. The van der Waals surface area contributed by atoms with E-state index >= 15 is 0 Å².